The van der Waals surface area contributed by atoms with Gasteiger partial charge in [0.1, 0.15) is 5.75 Å². The van der Waals surface area contributed by atoms with Gasteiger partial charge in [-0.05, 0) is 30.3 Å². The Labute approximate surface area is 129 Å². The topological polar surface area (TPSA) is 61.2 Å². The van der Waals surface area contributed by atoms with Crippen LogP contribution in [0.1, 0.15) is 0 Å². The summed E-state index contributed by atoms with van der Waals surface area (Å²) in [7, 11) is -4.01. The molecule has 5 nitrogen and oxygen atoms in total. The summed E-state index contributed by atoms with van der Waals surface area (Å²) in [4.78, 5) is -0.194. The van der Waals surface area contributed by atoms with Crippen LogP contribution in [0.15, 0.2) is 59.6 Å². The van der Waals surface area contributed by atoms with Crippen molar-refractivity contribution in [1.29, 1.82) is 0 Å². The number of alkyl halides is 3. The smallest absolute Gasteiger partial charge is 0.406 e. The van der Waals surface area contributed by atoms with Gasteiger partial charge in [0.2, 0.25) is 0 Å². The number of nitrogens with zero attached hydrogens (tertiary/aromatic N) is 2. The zero-order chi connectivity index (χ0) is 16.7. The Morgan fingerprint density at radius 1 is 1.00 bits per heavy atom. The summed E-state index contributed by atoms with van der Waals surface area (Å²) < 4.78 is 66.0. The van der Waals surface area contributed by atoms with E-state index in [4.69, 9.17) is 0 Å². The van der Waals surface area contributed by atoms with Gasteiger partial charge < -0.3 is 4.74 Å². The maximum absolute atomic E-state index is 12.5. The van der Waals surface area contributed by atoms with E-state index in [1.165, 1.54) is 6.20 Å². The van der Waals surface area contributed by atoms with Crippen molar-refractivity contribution < 1.29 is 26.3 Å². The van der Waals surface area contributed by atoms with Gasteiger partial charge in [0.25, 0.3) is 10.0 Å². The van der Waals surface area contributed by atoms with Crippen LogP contribution in [0.2, 0.25) is 0 Å². The van der Waals surface area contributed by atoms with Crippen molar-refractivity contribution in [2.24, 2.45) is 0 Å². The summed E-state index contributed by atoms with van der Waals surface area (Å²) in [5, 5.41) is 4.48. The molecule has 0 radical (unpaired) electrons. The summed E-state index contributed by atoms with van der Waals surface area (Å²) >= 11 is 0. The van der Waals surface area contributed by atoms with Crippen molar-refractivity contribution in [3.8, 4) is 5.75 Å². The van der Waals surface area contributed by atoms with Gasteiger partial charge in [-0.25, -0.2) is 0 Å². The average molecular weight is 342 g/mol. The predicted molar refractivity (Wildman–Crippen MR) is 75.4 cm³/mol. The fraction of sp³-hybridized carbons (Fsp3) is 0.0714. The average Bonchev–Trinajstić information content (AvgIpc) is 2.90. The lowest BCUT2D eigenvalue weighted by Gasteiger charge is -2.10. The molecule has 0 atom stereocenters. The van der Waals surface area contributed by atoms with Crippen LogP contribution >= 0.6 is 0 Å². The van der Waals surface area contributed by atoms with Crippen LogP contribution in [-0.4, -0.2) is 24.0 Å². The highest BCUT2D eigenvalue weighted by molar-refractivity contribution is 7.90. The predicted octanol–water partition coefficient (Wildman–Crippen LogP) is 3.17. The number of halogens is 3. The van der Waals surface area contributed by atoms with Crippen LogP contribution in [0.5, 0.6) is 5.75 Å². The fourth-order valence-electron chi connectivity index (χ4n) is 2.05. The molecular weight excluding hydrogens is 333 g/mol. The molecule has 0 saturated carbocycles. The zero-order valence-electron chi connectivity index (χ0n) is 11.4. The van der Waals surface area contributed by atoms with Crippen LogP contribution < -0.4 is 4.74 Å². The van der Waals surface area contributed by atoms with Crippen LogP contribution in [0.3, 0.4) is 0 Å². The van der Waals surface area contributed by atoms with Gasteiger partial charge in [-0.2, -0.15) is 17.6 Å². The summed E-state index contributed by atoms with van der Waals surface area (Å²) in [6.07, 6.45) is -3.44. The van der Waals surface area contributed by atoms with Gasteiger partial charge in [-0.1, -0.05) is 18.2 Å². The van der Waals surface area contributed by atoms with Crippen molar-refractivity contribution in [2.75, 3.05) is 0 Å². The SMILES string of the molecule is O=S(=O)(c1ccc(OC(F)(F)F)cc1)n1ncc2ccccc21. The second-order valence-electron chi connectivity index (χ2n) is 4.57. The first kappa shape index (κ1) is 15.3. The molecule has 0 N–H and O–H groups in total. The van der Waals surface area contributed by atoms with E-state index in [0.717, 1.165) is 28.4 Å². The molecule has 9 heteroatoms. The number of fused-ring (bicyclic) bond motifs is 1. The largest absolute Gasteiger partial charge is 0.573 e. The number of aromatic nitrogens is 2. The molecule has 2 aromatic carbocycles. The van der Waals surface area contributed by atoms with Crippen molar-refractivity contribution >= 4 is 20.9 Å². The summed E-state index contributed by atoms with van der Waals surface area (Å²) in [5.74, 6) is -0.498. The number of para-hydroxylation sites is 1. The molecule has 0 bridgehead atoms. The van der Waals surface area contributed by atoms with Gasteiger partial charge in [0.15, 0.2) is 0 Å². The molecule has 0 spiro atoms. The Morgan fingerprint density at radius 2 is 1.65 bits per heavy atom. The Hall–Kier alpha value is -2.55. The monoisotopic (exact) mass is 342 g/mol. The van der Waals surface area contributed by atoms with Gasteiger partial charge in [0.05, 0.1) is 16.6 Å². The third-order valence-electron chi connectivity index (χ3n) is 3.03. The van der Waals surface area contributed by atoms with E-state index in [1.54, 1.807) is 24.3 Å². The maximum atomic E-state index is 12.5. The standard InChI is InChI=1S/C14H9F3N2O3S/c15-14(16,17)22-11-5-7-12(8-6-11)23(20,21)19-13-4-2-1-3-10(13)9-18-19/h1-9H. The molecule has 3 aromatic rings. The molecule has 0 unspecified atom stereocenters. The highest BCUT2D eigenvalue weighted by atomic mass is 32.2. The molecule has 23 heavy (non-hydrogen) atoms. The Balaban J connectivity index is 2.00. The van der Waals surface area contributed by atoms with E-state index >= 15 is 0 Å². The van der Waals surface area contributed by atoms with E-state index in [0.29, 0.717) is 10.9 Å². The lowest BCUT2D eigenvalue weighted by atomic mass is 10.3. The minimum atomic E-state index is -4.83. The fourth-order valence-corrected chi connectivity index (χ4v) is 3.33. The van der Waals surface area contributed by atoms with Gasteiger partial charge >= 0.3 is 6.36 Å². The first-order chi connectivity index (χ1) is 10.8. The number of ether oxygens (including phenoxy) is 1. The third kappa shape index (κ3) is 3.00. The molecule has 0 aliphatic rings. The number of hydrogen-bond donors (Lipinski definition) is 0. The lowest BCUT2D eigenvalue weighted by Crippen LogP contribution is -2.17. The Morgan fingerprint density at radius 3 is 2.30 bits per heavy atom. The van der Waals surface area contributed by atoms with Crippen molar-refractivity contribution in [2.45, 2.75) is 11.3 Å². The Kier molecular flexibility index (Phi) is 3.52. The molecular formula is C14H9F3N2O3S. The minimum absolute atomic E-state index is 0.194. The molecule has 1 heterocycles. The number of benzene rings is 2. The molecule has 0 fully saturated rings. The second-order valence-corrected chi connectivity index (χ2v) is 6.34. The maximum Gasteiger partial charge on any atom is 0.573 e. The summed E-state index contributed by atoms with van der Waals surface area (Å²) in [5.41, 5.74) is 0.378. The zero-order valence-corrected chi connectivity index (χ0v) is 12.2. The van der Waals surface area contributed by atoms with E-state index in [-0.39, 0.29) is 4.90 Å². The van der Waals surface area contributed by atoms with Crippen molar-refractivity contribution in [3.05, 3.63) is 54.7 Å². The van der Waals surface area contributed by atoms with Crippen LogP contribution in [0, 0.1) is 0 Å². The summed E-state index contributed by atoms with van der Waals surface area (Å²) in [6.45, 7) is 0. The Bertz CT molecular complexity index is 947. The van der Waals surface area contributed by atoms with Crippen LogP contribution in [-0.2, 0) is 10.0 Å². The molecule has 0 aliphatic heterocycles. The van der Waals surface area contributed by atoms with Gasteiger partial charge in [0, 0.05) is 5.39 Å². The molecule has 0 aliphatic carbocycles. The number of rotatable bonds is 3. The van der Waals surface area contributed by atoms with Crippen molar-refractivity contribution in [3.63, 3.8) is 0 Å². The molecule has 0 saturated heterocycles. The minimum Gasteiger partial charge on any atom is -0.406 e. The first-order valence-corrected chi connectivity index (χ1v) is 7.75. The van der Waals surface area contributed by atoms with E-state index in [2.05, 4.69) is 9.84 Å². The van der Waals surface area contributed by atoms with Gasteiger partial charge in [-0.15, -0.1) is 13.2 Å². The highest BCUT2D eigenvalue weighted by Crippen LogP contribution is 2.25. The molecule has 0 amide bonds. The third-order valence-corrected chi connectivity index (χ3v) is 4.64. The number of hydrogen-bond acceptors (Lipinski definition) is 4. The second kappa shape index (κ2) is 5.27. The van der Waals surface area contributed by atoms with Crippen LogP contribution in [0.25, 0.3) is 10.9 Å². The molecule has 120 valence electrons. The lowest BCUT2D eigenvalue weighted by molar-refractivity contribution is -0.274. The van der Waals surface area contributed by atoms with Crippen LogP contribution in [0.4, 0.5) is 13.2 Å². The summed E-state index contributed by atoms with van der Waals surface area (Å²) in [6, 6.07) is 10.6. The normalized spacial score (nSPS) is 12.5. The van der Waals surface area contributed by atoms with Crippen molar-refractivity contribution in [1.82, 2.24) is 9.19 Å². The van der Waals surface area contributed by atoms with E-state index in [1.807, 2.05) is 0 Å². The van der Waals surface area contributed by atoms with Gasteiger partial charge in [-0.3, -0.25) is 0 Å². The van der Waals surface area contributed by atoms with E-state index in [9.17, 15) is 21.6 Å². The quantitative estimate of drug-likeness (QED) is 0.733. The van der Waals surface area contributed by atoms with E-state index < -0.39 is 22.1 Å². The molecule has 3 rings (SSSR count). The first-order valence-electron chi connectivity index (χ1n) is 6.31. The highest BCUT2D eigenvalue weighted by Gasteiger charge is 2.31. The molecule has 1 aromatic heterocycles.